The zero-order valence-corrected chi connectivity index (χ0v) is 7.35. The van der Waals surface area contributed by atoms with Gasteiger partial charge in [0.05, 0.1) is 12.6 Å². The van der Waals surface area contributed by atoms with E-state index in [2.05, 4.69) is 0 Å². The van der Waals surface area contributed by atoms with Gasteiger partial charge in [-0.2, -0.15) is 0 Å². The molecule has 1 unspecified atom stereocenters. The summed E-state index contributed by atoms with van der Waals surface area (Å²) in [6, 6.07) is 8.56. The highest BCUT2D eigenvalue weighted by Gasteiger charge is 2.07. The van der Waals surface area contributed by atoms with Gasteiger partial charge >= 0.3 is 0 Å². The first-order chi connectivity index (χ1) is 6.18. The topological polar surface area (TPSA) is 32.7 Å². The number of para-hydroxylation sites is 1. The molecule has 3 nitrogen and oxygen atoms in total. The van der Waals surface area contributed by atoms with Crippen LogP contribution in [0.5, 0.6) is 5.75 Å². The number of aliphatic hydroxyl groups is 1. The van der Waals surface area contributed by atoms with Gasteiger partial charge in [-0.15, -0.1) is 0 Å². The van der Waals surface area contributed by atoms with Crippen LogP contribution in [0.15, 0.2) is 30.3 Å². The van der Waals surface area contributed by atoms with Crippen LogP contribution >= 0.6 is 0 Å². The van der Waals surface area contributed by atoms with Gasteiger partial charge in [0.2, 0.25) is 0 Å². The summed E-state index contributed by atoms with van der Waals surface area (Å²) >= 11 is 0. The average Bonchev–Trinajstić information content (AvgIpc) is 2.04. The van der Waals surface area contributed by atoms with E-state index in [1.54, 1.807) is 24.3 Å². The molecule has 1 rings (SSSR count). The van der Waals surface area contributed by atoms with E-state index in [1.165, 1.54) is 6.92 Å². The van der Waals surface area contributed by atoms with Gasteiger partial charge in [-0.3, -0.25) is 0 Å². The van der Waals surface area contributed by atoms with Crippen molar-refractivity contribution in [2.24, 2.45) is 0 Å². The van der Waals surface area contributed by atoms with Crippen molar-refractivity contribution in [2.75, 3.05) is 6.54 Å². The van der Waals surface area contributed by atoms with Gasteiger partial charge in [0, 0.05) is 5.29 Å². The zero-order chi connectivity index (χ0) is 9.68. The van der Waals surface area contributed by atoms with Crippen molar-refractivity contribution in [3.63, 3.8) is 0 Å². The van der Waals surface area contributed by atoms with Crippen molar-refractivity contribution in [3.05, 3.63) is 30.3 Å². The van der Waals surface area contributed by atoms with Crippen molar-refractivity contribution in [2.45, 2.75) is 13.0 Å². The van der Waals surface area contributed by atoms with Crippen molar-refractivity contribution >= 4 is 0 Å². The zero-order valence-electron chi connectivity index (χ0n) is 7.35. The molecular weight excluding hydrogens is 173 g/mol. The Bertz CT molecular complexity index is 241. The number of benzene rings is 1. The first-order valence-corrected chi connectivity index (χ1v) is 4.03. The highest BCUT2D eigenvalue weighted by molar-refractivity contribution is 5.20. The van der Waals surface area contributed by atoms with Gasteiger partial charge in [-0.05, 0) is 19.1 Å². The first kappa shape index (κ1) is 9.95. The van der Waals surface area contributed by atoms with E-state index >= 15 is 0 Å². The van der Waals surface area contributed by atoms with Gasteiger partial charge in [0.15, 0.2) is 5.75 Å². The Balaban J connectivity index is 2.41. The minimum atomic E-state index is -0.756. The van der Waals surface area contributed by atoms with Crippen LogP contribution < -0.4 is 4.84 Å². The van der Waals surface area contributed by atoms with Gasteiger partial charge in [-0.1, -0.05) is 22.7 Å². The predicted molar refractivity (Wildman–Crippen MR) is 46.6 cm³/mol. The Hall–Kier alpha value is -1.13. The van der Waals surface area contributed by atoms with Crippen LogP contribution in [-0.2, 0) is 0 Å². The molecule has 1 aromatic rings. The maximum atomic E-state index is 12.8. The minimum absolute atomic E-state index is 0.111. The molecule has 4 heteroatoms. The van der Waals surface area contributed by atoms with E-state index in [1.807, 2.05) is 6.07 Å². The van der Waals surface area contributed by atoms with Crippen molar-refractivity contribution in [1.29, 1.82) is 0 Å². The maximum Gasteiger partial charge on any atom is 0.150 e. The molecule has 0 heterocycles. The Labute approximate surface area is 76.2 Å². The lowest BCUT2D eigenvalue weighted by atomic mass is 10.3. The maximum absolute atomic E-state index is 12.8. The second-order valence-electron chi connectivity index (χ2n) is 2.75. The van der Waals surface area contributed by atoms with E-state index < -0.39 is 6.10 Å². The Kier molecular flexibility index (Phi) is 3.67. The summed E-state index contributed by atoms with van der Waals surface area (Å²) in [4.78, 5) is 4.73. The molecule has 1 atom stereocenters. The minimum Gasteiger partial charge on any atom is -0.392 e. The number of hydrogen-bond acceptors (Lipinski definition) is 3. The number of rotatable bonds is 4. The summed E-state index contributed by atoms with van der Waals surface area (Å²) in [5, 5.41) is 8.95. The van der Waals surface area contributed by atoms with Gasteiger partial charge < -0.3 is 9.94 Å². The lowest BCUT2D eigenvalue weighted by Crippen LogP contribution is -2.26. The Morgan fingerprint density at radius 3 is 2.62 bits per heavy atom. The number of aliphatic hydroxyl groups excluding tert-OH is 1. The van der Waals surface area contributed by atoms with E-state index in [0.717, 1.165) is 0 Å². The molecule has 0 radical (unpaired) electrons. The third-order valence-corrected chi connectivity index (χ3v) is 1.36. The monoisotopic (exact) mass is 185 g/mol. The van der Waals surface area contributed by atoms with Crippen molar-refractivity contribution in [1.82, 2.24) is 5.29 Å². The highest BCUT2D eigenvalue weighted by atomic mass is 19.2. The summed E-state index contributed by atoms with van der Waals surface area (Å²) in [6.45, 7) is 1.32. The molecule has 1 N–H and O–H groups in total. The van der Waals surface area contributed by atoms with Crippen LogP contribution in [0.4, 0.5) is 4.48 Å². The van der Waals surface area contributed by atoms with E-state index in [0.29, 0.717) is 5.75 Å². The summed E-state index contributed by atoms with van der Waals surface area (Å²) < 4.78 is 12.8. The predicted octanol–water partition coefficient (Wildman–Crippen LogP) is 1.55. The summed E-state index contributed by atoms with van der Waals surface area (Å²) in [5.41, 5.74) is 0. The van der Waals surface area contributed by atoms with Gasteiger partial charge in [0.1, 0.15) is 0 Å². The normalized spacial score (nSPS) is 12.9. The van der Waals surface area contributed by atoms with Crippen LogP contribution in [-0.4, -0.2) is 23.0 Å². The summed E-state index contributed by atoms with van der Waals surface area (Å²) in [7, 11) is 0. The first-order valence-electron chi connectivity index (χ1n) is 4.03. The molecule has 0 aromatic heterocycles. The third kappa shape index (κ3) is 3.87. The fourth-order valence-corrected chi connectivity index (χ4v) is 0.841. The summed E-state index contributed by atoms with van der Waals surface area (Å²) in [6.07, 6.45) is -0.756. The van der Waals surface area contributed by atoms with E-state index in [9.17, 15) is 4.48 Å². The molecule has 0 aliphatic heterocycles. The number of nitrogens with zero attached hydrogens (tertiary/aromatic N) is 1. The lowest BCUT2D eigenvalue weighted by molar-refractivity contribution is -0.220. The molecular formula is C9H12FNO2. The fourth-order valence-electron chi connectivity index (χ4n) is 0.841. The standard InChI is InChI=1S/C9H12FNO2/c1-8(12)7-11(10)13-9-5-3-2-4-6-9/h2-6,8,12H,7H2,1H3. The molecule has 0 aliphatic carbocycles. The van der Waals surface area contributed by atoms with Crippen molar-refractivity contribution < 1.29 is 14.4 Å². The molecule has 0 spiro atoms. The Morgan fingerprint density at radius 2 is 2.08 bits per heavy atom. The molecule has 0 aliphatic rings. The molecule has 0 amide bonds. The van der Waals surface area contributed by atoms with Crippen LogP contribution in [0.1, 0.15) is 6.92 Å². The molecule has 1 aromatic carbocycles. The fraction of sp³-hybridized carbons (Fsp3) is 0.333. The van der Waals surface area contributed by atoms with Crippen LogP contribution in [0.3, 0.4) is 0 Å². The SMILES string of the molecule is CC(O)CN(F)Oc1ccccc1. The molecule has 0 bridgehead atoms. The molecule has 0 saturated heterocycles. The Morgan fingerprint density at radius 1 is 1.46 bits per heavy atom. The van der Waals surface area contributed by atoms with E-state index in [-0.39, 0.29) is 11.8 Å². The second kappa shape index (κ2) is 4.79. The van der Waals surface area contributed by atoms with E-state index in [4.69, 9.17) is 9.94 Å². The highest BCUT2D eigenvalue weighted by Crippen LogP contribution is 2.10. The average molecular weight is 185 g/mol. The lowest BCUT2D eigenvalue weighted by Gasteiger charge is -2.13. The molecule has 0 saturated carbocycles. The van der Waals surface area contributed by atoms with Crippen molar-refractivity contribution in [3.8, 4) is 5.75 Å². The smallest absolute Gasteiger partial charge is 0.150 e. The second-order valence-corrected chi connectivity index (χ2v) is 2.75. The number of hydroxylamine groups is 1. The van der Waals surface area contributed by atoms with Crippen LogP contribution in [0.2, 0.25) is 0 Å². The molecule has 0 fully saturated rings. The number of hydrogen-bond donors (Lipinski definition) is 1. The van der Waals surface area contributed by atoms with Gasteiger partial charge in [-0.25, -0.2) is 0 Å². The largest absolute Gasteiger partial charge is 0.392 e. The quantitative estimate of drug-likeness (QED) is 0.570. The van der Waals surface area contributed by atoms with Crippen LogP contribution in [0.25, 0.3) is 0 Å². The third-order valence-electron chi connectivity index (χ3n) is 1.36. The van der Waals surface area contributed by atoms with Crippen LogP contribution in [0, 0.1) is 0 Å². The molecule has 13 heavy (non-hydrogen) atoms. The molecule has 72 valence electrons. The summed E-state index contributed by atoms with van der Waals surface area (Å²) in [5.74, 6) is 0.408. The van der Waals surface area contributed by atoms with Gasteiger partial charge in [0.25, 0.3) is 0 Å². The number of halogens is 1.